The molecule has 0 radical (unpaired) electrons. The molecule has 1 fully saturated rings. The highest BCUT2D eigenvalue weighted by Crippen LogP contribution is 2.23. The molecule has 1 N–H and O–H groups in total. The number of hydrogen-bond acceptors (Lipinski definition) is 2. The number of hydrogen-bond donors (Lipinski definition) is 1. The van der Waals surface area contributed by atoms with Gasteiger partial charge in [-0.2, -0.15) is 5.10 Å². The zero-order valence-corrected chi connectivity index (χ0v) is 15.6. The quantitative estimate of drug-likeness (QED) is 0.928. The summed E-state index contributed by atoms with van der Waals surface area (Å²) in [5.41, 5.74) is 4.56. The van der Waals surface area contributed by atoms with Crippen molar-refractivity contribution in [2.75, 3.05) is 13.1 Å². The molecule has 1 aliphatic heterocycles. The minimum absolute atomic E-state index is 0.0330. The van der Waals surface area contributed by atoms with E-state index in [0.717, 1.165) is 42.9 Å². The van der Waals surface area contributed by atoms with Crippen LogP contribution in [0.1, 0.15) is 41.9 Å². The van der Waals surface area contributed by atoms with Crippen molar-refractivity contribution < 1.29 is 4.79 Å². The van der Waals surface area contributed by atoms with Crippen molar-refractivity contribution in [1.82, 2.24) is 20.0 Å². The number of urea groups is 1. The Labute approximate surface area is 150 Å². The molecule has 0 spiro atoms. The molecule has 1 aromatic heterocycles. The summed E-state index contributed by atoms with van der Waals surface area (Å²) in [5.74, 6) is 0.547. The molecular weight excluding hydrogens is 312 g/mol. The van der Waals surface area contributed by atoms with Crippen LogP contribution >= 0.6 is 0 Å². The molecule has 0 bridgehead atoms. The molecule has 1 aliphatic rings. The van der Waals surface area contributed by atoms with Gasteiger partial charge in [-0.25, -0.2) is 4.79 Å². The van der Waals surface area contributed by atoms with E-state index < -0.39 is 0 Å². The third-order valence-corrected chi connectivity index (χ3v) is 5.28. The Hall–Kier alpha value is -2.30. The average Bonchev–Trinajstić information content (AvgIpc) is 3.13. The first kappa shape index (κ1) is 17.5. The maximum atomic E-state index is 12.6. The summed E-state index contributed by atoms with van der Waals surface area (Å²) in [4.78, 5) is 14.6. The van der Waals surface area contributed by atoms with Crippen LogP contribution in [0.4, 0.5) is 4.79 Å². The summed E-state index contributed by atoms with van der Waals surface area (Å²) < 4.78 is 1.87. The molecule has 2 amide bonds. The second-order valence-electron chi connectivity index (χ2n) is 7.17. The van der Waals surface area contributed by atoms with Crippen LogP contribution < -0.4 is 5.32 Å². The van der Waals surface area contributed by atoms with E-state index in [1.54, 1.807) is 0 Å². The van der Waals surface area contributed by atoms with Crippen molar-refractivity contribution in [1.29, 1.82) is 0 Å². The molecule has 0 aliphatic carbocycles. The van der Waals surface area contributed by atoms with Crippen LogP contribution in [0, 0.1) is 19.8 Å². The molecule has 5 nitrogen and oxygen atoms in total. The number of aromatic nitrogens is 2. The number of likely N-dealkylation sites (tertiary alicyclic amines) is 1. The third-order valence-electron chi connectivity index (χ3n) is 5.28. The molecule has 1 saturated heterocycles. The summed E-state index contributed by atoms with van der Waals surface area (Å²) in [6.07, 6.45) is 2.11. The monoisotopic (exact) mass is 340 g/mol. The zero-order valence-electron chi connectivity index (χ0n) is 15.6. The normalized spacial score (nSPS) is 18.4. The predicted octanol–water partition coefficient (Wildman–Crippen LogP) is 3.37. The molecule has 2 atom stereocenters. The number of nitrogens with one attached hydrogen (secondary N) is 1. The van der Waals surface area contributed by atoms with Crippen molar-refractivity contribution in [3.63, 3.8) is 0 Å². The van der Waals surface area contributed by atoms with Gasteiger partial charge in [-0.05, 0) is 45.1 Å². The van der Waals surface area contributed by atoms with E-state index in [0.29, 0.717) is 5.92 Å². The third kappa shape index (κ3) is 3.86. The number of aryl methyl sites for hydroxylation is 2. The van der Waals surface area contributed by atoms with E-state index in [2.05, 4.69) is 34.7 Å². The number of benzene rings is 1. The van der Waals surface area contributed by atoms with E-state index in [9.17, 15) is 4.79 Å². The standard InChI is InChI=1S/C20H28N4O/c1-14(19-15(2)22-23(4)16(19)3)21-20(25)24-11-10-18(13-24)12-17-8-6-5-7-9-17/h5-9,14,18H,10-13H2,1-4H3,(H,21,25). The Balaban J connectivity index is 1.57. The second-order valence-corrected chi connectivity index (χ2v) is 7.17. The van der Waals surface area contributed by atoms with Crippen LogP contribution in [0.2, 0.25) is 0 Å². The molecule has 0 saturated carbocycles. The Morgan fingerprint density at radius 3 is 2.68 bits per heavy atom. The summed E-state index contributed by atoms with van der Waals surface area (Å²) in [5, 5.41) is 7.60. The van der Waals surface area contributed by atoms with Gasteiger partial charge in [-0.3, -0.25) is 4.68 Å². The van der Waals surface area contributed by atoms with E-state index in [1.165, 1.54) is 5.56 Å². The lowest BCUT2D eigenvalue weighted by molar-refractivity contribution is 0.203. The van der Waals surface area contributed by atoms with Gasteiger partial charge in [0.1, 0.15) is 0 Å². The fraction of sp³-hybridized carbons (Fsp3) is 0.500. The van der Waals surface area contributed by atoms with Crippen molar-refractivity contribution in [2.45, 2.75) is 39.7 Å². The molecule has 3 rings (SSSR count). The van der Waals surface area contributed by atoms with Gasteiger partial charge in [0.2, 0.25) is 0 Å². The van der Waals surface area contributed by atoms with E-state index in [4.69, 9.17) is 0 Å². The molecule has 1 aromatic carbocycles. The minimum atomic E-state index is -0.0330. The molecule has 134 valence electrons. The van der Waals surface area contributed by atoms with Gasteiger partial charge in [0.15, 0.2) is 0 Å². The number of carbonyl (C=O) groups excluding carboxylic acids is 1. The maximum Gasteiger partial charge on any atom is 0.317 e. The van der Waals surface area contributed by atoms with Crippen LogP contribution in [-0.2, 0) is 13.5 Å². The van der Waals surface area contributed by atoms with Crippen LogP contribution in [-0.4, -0.2) is 33.8 Å². The van der Waals surface area contributed by atoms with Gasteiger partial charge in [0, 0.05) is 31.4 Å². The van der Waals surface area contributed by atoms with Crippen LogP contribution in [0.5, 0.6) is 0 Å². The van der Waals surface area contributed by atoms with Gasteiger partial charge >= 0.3 is 6.03 Å². The fourth-order valence-corrected chi connectivity index (χ4v) is 3.90. The molecule has 2 aromatic rings. The Kier molecular flexibility index (Phi) is 5.11. The van der Waals surface area contributed by atoms with Crippen LogP contribution in [0.15, 0.2) is 30.3 Å². The predicted molar refractivity (Wildman–Crippen MR) is 99.5 cm³/mol. The van der Waals surface area contributed by atoms with Gasteiger partial charge in [0.25, 0.3) is 0 Å². The SMILES string of the molecule is Cc1nn(C)c(C)c1C(C)NC(=O)N1CCC(Cc2ccccc2)C1. The lowest BCUT2D eigenvalue weighted by atomic mass is 9.99. The summed E-state index contributed by atoms with van der Waals surface area (Å²) >= 11 is 0. The fourth-order valence-electron chi connectivity index (χ4n) is 3.90. The Bertz CT molecular complexity index is 738. The van der Waals surface area contributed by atoms with Crippen molar-refractivity contribution in [2.24, 2.45) is 13.0 Å². The largest absolute Gasteiger partial charge is 0.331 e. The highest BCUT2D eigenvalue weighted by molar-refractivity contribution is 5.75. The average molecular weight is 340 g/mol. The number of nitrogens with zero attached hydrogens (tertiary/aromatic N) is 3. The van der Waals surface area contributed by atoms with E-state index >= 15 is 0 Å². The highest BCUT2D eigenvalue weighted by Gasteiger charge is 2.28. The van der Waals surface area contributed by atoms with E-state index in [1.807, 2.05) is 43.5 Å². The summed E-state index contributed by atoms with van der Waals surface area (Å²) in [6, 6.07) is 10.5. The Morgan fingerprint density at radius 1 is 1.32 bits per heavy atom. The van der Waals surface area contributed by atoms with Crippen LogP contribution in [0.25, 0.3) is 0 Å². The van der Waals surface area contributed by atoms with Crippen molar-refractivity contribution in [3.8, 4) is 0 Å². The Morgan fingerprint density at radius 2 is 2.04 bits per heavy atom. The van der Waals surface area contributed by atoms with Gasteiger partial charge < -0.3 is 10.2 Å². The first-order valence-corrected chi connectivity index (χ1v) is 9.05. The zero-order chi connectivity index (χ0) is 18.0. The lowest BCUT2D eigenvalue weighted by Crippen LogP contribution is -2.40. The van der Waals surface area contributed by atoms with Crippen LogP contribution in [0.3, 0.4) is 0 Å². The number of amides is 2. The van der Waals surface area contributed by atoms with Gasteiger partial charge in [-0.1, -0.05) is 30.3 Å². The second kappa shape index (κ2) is 7.30. The molecule has 5 heteroatoms. The smallest absolute Gasteiger partial charge is 0.317 e. The van der Waals surface area contributed by atoms with Gasteiger partial charge in [0.05, 0.1) is 11.7 Å². The molecule has 2 unspecified atom stereocenters. The topological polar surface area (TPSA) is 50.2 Å². The minimum Gasteiger partial charge on any atom is -0.331 e. The molecule has 25 heavy (non-hydrogen) atoms. The van der Waals surface area contributed by atoms with Crippen molar-refractivity contribution >= 4 is 6.03 Å². The summed E-state index contributed by atoms with van der Waals surface area (Å²) in [6.45, 7) is 7.74. The van der Waals surface area contributed by atoms with E-state index in [-0.39, 0.29) is 12.1 Å². The van der Waals surface area contributed by atoms with Crippen molar-refractivity contribution in [3.05, 3.63) is 52.8 Å². The number of carbonyl (C=O) groups is 1. The highest BCUT2D eigenvalue weighted by atomic mass is 16.2. The molecule has 2 heterocycles. The maximum absolute atomic E-state index is 12.6. The summed E-state index contributed by atoms with van der Waals surface area (Å²) in [7, 11) is 1.94. The number of rotatable bonds is 4. The lowest BCUT2D eigenvalue weighted by Gasteiger charge is -2.21. The molecular formula is C20H28N4O. The first-order valence-electron chi connectivity index (χ1n) is 9.05. The van der Waals surface area contributed by atoms with Gasteiger partial charge in [-0.15, -0.1) is 0 Å². The first-order chi connectivity index (χ1) is 12.0.